The fourth-order valence-corrected chi connectivity index (χ4v) is 2.26. The second-order valence-corrected chi connectivity index (χ2v) is 4.89. The van der Waals surface area contributed by atoms with E-state index >= 15 is 0 Å². The molecule has 0 aliphatic heterocycles. The molecule has 1 heterocycles. The highest BCUT2D eigenvalue weighted by atomic mass is 32.1. The molecule has 0 unspecified atom stereocenters. The van der Waals surface area contributed by atoms with Gasteiger partial charge in [0.25, 0.3) is 0 Å². The molecule has 1 aromatic carbocycles. The van der Waals surface area contributed by atoms with Gasteiger partial charge in [-0.3, -0.25) is 4.79 Å². The summed E-state index contributed by atoms with van der Waals surface area (Å²) in [6.07, 6.45) is 3.28. The normalized spacial score (nSPS) is 10.5. The minimum Gasteiger partial charge on any atom is -0.493 e. The lowest BCUT2D eigenvalue weighted by Gasteiger charge is -2.09. The van der Waals surface area contributed by atoms with Crippen molar-refractivity contribution in [2.75, 3.05) is 19.5 Å². The molecule has 20 heavy (non-hydrogen) atoms. The van der Waals surface area contributed by atoms with E-state index in [-0.39, 0.29) is 5.91 Å². The summed E-state index contributed by atoms with van der Waals surface area (Å²) in [6, 6.07) is 9.12. The first kappa shape index (κ1) is 14.1. The smallest absolute Gasteiger partial charge is 0.248 e. The van der Waals surface area contributed by atoms with Gasteiger partial charge >= 0.3 is 0 Å². The molecule has 5 heteroatoms. The number of hydrogen-bond donors (Lipinski definition) is 1. The van der Waals surface area contributed by atoms with Gasteiger partial charge in [-0.1, -0.05) is 6.07 Å². The van der Waals surface area contributed by atoms with Gasteiger partial charge in [-0.05, 0) is 29.7 Å². The lowest BCUT2D eigenvalue weighted by Crippen LogP contribution is -2.07. The number of thiophene rings is 1. The van der Waals surface area contributed by atoms with Crippen LogP contribution in [-0.2, 0) is 4.79 Å². The Hall–Kier alpha value is -2.27. The van der Waals surface area contributed by atoms with E-state index in [4.69, 9.17) is 9.47 Å². The molecular weight excluding hydrogens is 274 g/mol. The Kier molecular flexibility index (Phi) is 4.79. The van der Waals surface area contributed by atoms with Crippen LogP contribution in [0.3, 0.4) is 0 Å². The highest BCUT2D eigenvalue weighted by Crippen LogP contribution is 2.29. The Bertz CT molecular complexity index is 606. The predicted octanol–water partition coefficient (Wildman–Crippen LogP) is 3.42. The largest absolute Gasteiger partial charge is 0.493 e. The third-order valence-corrected chi connectivity index (χ3v) is 3.43. The summed E-state index contributed by atoms with van der Waals surface area (Å²) in [5.74, 6) is 1.01. The minimum absolute atomic E-state index is 0.189. The van der Waals surface area contributed by atoms with Crippen molar-refractivity contribution in [1.82, 2.24) is 0 Å². The first-order valence-electron chi connectivity index (χ1n) is 5.97. The summed E-state index contributed by atoms with van der Waals surface area (Å²) < 4.78 is 10.3. The lowest BCUT2D eigenvalue weighted by atomic mass is 10.2. The number of hydrogen-bond acceptors (Lipinski definition) is 4. The van der Waals surface area contributed by atoms with Gasteiger partial charge in [-0.15, -0.1) is 11.3 Å². The van der Waals surface area contributed by atoms with E-state index in [1.54, 1.807) is 49.8 Å². The van der Waals surface area contributed by atoms with Gasteiger partial charge in [0.15, 0.2) is 11.5 Å². The van der Waals surface area contributed by atoms with Crippen LogP contribution in [0.15, 0.2) is 41.8 Å². The van der Waals surface area contributed by atoms with Crippen molar-refractivity contribution in [1.29, 1.82) is 0 Å². The summed E-state index contributed by atoms with van der Waals surface area (Å²) >= 11 is 1.58. The van der Waals surface area contributed by atoms with E-state index in [9.17, 15) is 4.79 Å². The van der Waals surface area contributed by atoms with E-state index in [0.717, 1.165) is 4.88 Å². The van der Waals surface area contributed by atoms with E-state index in [2.05, 4.69) is 5.32 Å². The summed E-state index contributed by atoms with van der Waals surface area (Å²) in [5.41, 5.74) is 0.656. The molecular formula is C15H15NO3S. The number of benzene rings is 1. The molecule has 0 saturated carbocycles. The lowest BCUT2D eigenvalue weighted by molar-refractivity contribution is -0.111. The molecule has 104 valence electrons. The molecule has 0 bridgehead atoms. The number of ether oxygens (including phenoxy) is 2. The van der Waals surface area contributed by atoms with Crippen LogP contribution in [0.5, 0.6) is 11.5 Å². The van der Waals surface area contributed by atoms with Crippen LogP contribution in [-0.4, -0.2) is 20.1 Å². The number of nitrogens with one attached hydrogen (secondary N) is 1. The van der Waals surface area contributed by atoms with Gasteiger partial charge in [-0.25, -0.2) is 0 Å². The molecule has 2 aromatic rings. The first-order chi connectivity index (χ1) is 9.72. The maximum absolute atomic E-state index is 11.8. The number of rotatable bonds is 5. The number of anilines is 1. The average molecular weight is 289 g/mol. The molecule has 1 aromatic heterocycles. The maximum atomic E-state index is 11.8. The van der Waals surface area contributed by atoms with Crippen molar-refractivity contribution in [2.24, 2.45) is 0 Å². The molecule has 1 amide bonds. The van der Waals surface area contributed by atoms with Crippen LogP contribution in [0.1, 0.15) is 4.88 Å². The number of amides is 1. The zero-order chi connectivity index (χ0) is 14.4. The SMILES string of the molecule is COc1ccc(NC(=O)/C=C/c2cccs2)cc1OC. The summed E-state index contributed by atoms with van der Waals surface area (Å²) in [6.45, 7) is 0. The number of carbonyl (C=O) groups excluding carboxylic acids is 1. The number of methoxy groups -OCH3 is 2. The average Bonchev–Trinajstić information content (AvgIpc) is 2.98. The zero-order valence-electron chi connectivity index (χ0n) is 11.3. The van der Waals surface area contributed by atoms with Crippen LogP contribution in [0, 0.1) is 0 Å². The summed E-state index contributed by atoms with van der Waals surface area (Å²) in [7, 11) is 3.13. The Morgan fingerprint density at radius 3 is 2.65 bits per heavy atom. The number of carbonyl (C=O) groups is 1. The molecule has 0 atom stereocenters. The Morgan fingerprint density at radius 2 is 2.00 bits per heavy atom. The standard InChI is InChI=1S/C15H15NO3S/c1-18-13-7-5-11(10-14(13)19-2)16-15(17)8-6-12-4-3-9-20-12/h3-10H,1-2H3,(H,16,17)/b8-6+. The molecule has 2 rings (SSSR count). The van der Waals surface area contributed by atoms with Crippen molar-refractivity contribution in [3.05, 3.63) is 46.7 Å². The molecule has 0 spiro atoms. The fourth-order valence-electron chi connectivity index (χ4n) is 1.64. The van der Waals surface area contributed by atoms with Crippen molar-refractivity contribution >= 4 is 29.0 Å². The molecule has 0 radical (unpaired) electrons. The molecule has 4 nitrogen and oxygen atoms in total. The van der Waals surface area contributed by atoms with Gasteiger partial charge in [0.05, 0.1) is 14.2 Å². The van der Waals surface area contributed by atoms with Crippen LogP contribution in [0.25, 0.3) is 6.08 Å². The maximum Gasteiger partial charge on any atom is 0.248 e. The van der Waals surface area contributed by atoms with Gasteiger partial charge in [0, 0.05) is 22.7 Å². The Labute approximate surface area is 121 Å². The van der Waals surface area contributed by atoms with Crippen LogP contribution in [0.4, 0.5) is 5.69 Å². The van der Waals surface area contributed by atoms with Crippen molar-refractivity contribution in [3.63, 3.8) is 0 Å². The van der Waals surface area contributed by atoms with Crippen LogP contribution >= 0.6 is 11.3 Å². The van der Waals surface area contributed by atoms with Gasteiger partial charge < -0.3 is 14.8 Å². The minimum atomic E-state index is -0.189. The highest BCUT2D eigenvalue weighted by molar-refractivity contribution is 7.10. The topological polar surface area (TPSA) is 47.6 Å². The Morgan fingerprint density at radius 1 is 1.20 bits per heavy atom. The fraction of sp³-hybridized carbons (Fsp3) is 0.133. The first-order valence-corrected chi connectivity index (χ1v) is 6.85. The van der Waals surface area contributed by atoms with Crippen LogP contribution < -0.4 is 14.8 Å². The summed E-state index contributed by atoms with van der Waals surface area (Å²) in [4.78, 5) is 12.8. The summed E-state index contributed by atoms with van der Waals surface area (Å²) in [5, 5.41) is 4.74. The zero-order valence-corrected chi connectivity index (χ0v) is 12.1. The highest BCUT2D eigenvalue weighted by Gasteiger charge is 2.05. The van der Waals surface area contributed by atoms with Gasteiger partial charge in [0.2, 0.25) is 5.91 Å². The second-order valence-electron chi connectivity index (χ2n) is 3.91. The molecule has 0 saturated heterocycles. The Balaban J connectivity index is 2.04. The van der Waals surface area contributed by atoms with Gasteiger partial charge in [-0.2, -0.15) is 0 Å². The second kappa shape index (κ2) is 6.77. The monoisotopic (exact) mass is 289 g/mol. The van der Waals surface area contributed by atoms with Crippen molar-refractivity contribution in [3.8, 4) is 11.5 Å². The quantitative estimate of drug-likeness (QED) is 0.858. The molecule has 0 fully saturated rings. The molecule has 0 aliphatic rings. The van der Waals surface area contributed by atoms with Crippen LogP contribution in [0.2, 0.25) is 0 Å². The molecule has 1 N–H and O–H groups in total. The van der Waals surface area contributed by atoms with Crippen molar-refractivity contribution in [2.45, 2.75) is 0 Å². The van der Waals surface area contributed by atoms with E-state index in [1.165, 1.54) is 6.08 Å². The van der Waals surface area contributed by atoms with Gasteiger partial charge in [0.1, 0.15) is 0 Å². The predicted molar refractivity (Wildman–Crippen MR) is 81.5 cm³/mol. The van der Waals surface area contributed by atoms with E-state index in [1.807, 2.05) is 17.5 Å². The third-order valence-electron chi connectivity index (χ3n) is 2.59. The third kappa shape index (κ3) is 3.61. The van der Waals surface area contributed by atoms with E-state index < -0.39 is 0 Å². The van der Waals surface area contributed by atoms with Crippen molar-refractivity contribution < 1.29 is 14.3 Å². The van der Waals surface area contributed by atoms with E-state index in [0.29, 0.717) is 17.2 Å². The molecule has 0 aliphatic carbocycles.